The van der Waals surface area contributed by atoms with Crippen LogP contribution in [0.3, 0.4) is 0 Å². The highest BCUT2D eigenvalue weighted by molar-refractivity contribution is 5.98. The Kier molecular flexibility index (Phi) is 6.46. The van der Waals surface area contributed by atoms with Gasteiger partial charge in [-0.15, -0.1) is 10.2 Å². The lowest BCUT2D eigenvalue weighted by Crippen LogP contribution is -2.31. The van der Waals surface area contributed by atoms with Gasteiger partial charge in [0.2, 0.25) is 5.89 Å². The van der Waals surface area contributed by atoms with Crippen molar-refractivity contribution < 1.29 is 32.3 Å². The summed E-state index contributed by atoms with van der Waals surface area (Å²) >= 11 is 0. The Balaban J connectivity index is 1.49. The van der Waals surface area contributed by atoms with E-state index in [1.54, 1.807) is 12.1 Å². The molecule has 0 radical (unpaired) electrons. The zero-order valence-electron chi connectivity index (χ0n) is 14.9. The molecule has 0 aliphatic carbocycles. The second kappa shape index (κ2) is 9.40. The Hall–Kier alpha value is -3.82. The third-order valence-corrected chi connectivity index (χ3v) is 3.59. The second-order valence-electron chi connectivity index (χ2n) is 5.59. The van der Waals surface area contributed by atoms with Crippen molar-refractivity contribution in [3.8, 4) is 17.2 Å². The van der Waals surface area contributed by atoms with E-state index in [0.717, 1.165) is 5.56 Å². The number of para-hydroxylation sites is 1. The quantitative estimate of drug-likeness (QED) is 0.577. The van der Waals surface area contributed by atoms with Gasteiger partial charge < -0.3 is 19.2 Å². The fourth-order valence-corrected chi connectivity index (χ4v) is 2.30. The summed E-state index contributed by atoms with van der Waals surface area (Å²) in [5, 5.41) is 9.91. The van der Waals surface area contributed by atoms with E-state index < -0.39 is 25.0 Å². The molecule has 2 aromatic carbocycles. The van der Waals surface area contributed by atoms with E-state index in [9.17, 15) is 18.4 Å². The largest absolute Gasteiger partial charge is 0.454 e. The molecule has 3 aromatic rings. The number of rotatable bonds is 8. The molecule has 0 saturated carbocycles. The molecule has 10 heteroatoms. The number of esters is 1. The van der Waals surface area contributed by atoms with E-state index in [-0.39, 0.29) is 29.7 Å². The Morgan fingerprint density at radius 2 is 1.76 bits per heavy atom. The van der Waals surface area contributed by atoms with Crippen molar-refractivity contribution >= 4 is 11.9 Å². The van der Waals surface area contributed by atoms with Gasteiger partial charge in [-0.2, -0.15) is 8.78 Å². The number of carbonyl (C=O) groups is 2. The normalized spacial score (nSPS) is 10.6. The molecule has 0 unspecified atom stereocenters. The second-order valence-corrected chi connectivity index (χ2v) is 5.59. The number of hydrogen-bond donors (Lipinski definition) is 1. The Morgan fingerprint density at radius 3 is 2.52 bits per heavy atom. The fourth-order valence-electron chi connectivity index (χ4n) is 2.30. The minimum absolute atomic E-state index is 0.0826. The number of ether oxygens (including phenoxy) is 2. The Labute approximate surface area is 163 Å². The van der Waals surface area contributed by atoms with Gasteiger partial charge in [0.1, 0.15) is 12.3 Å². The predicted molar refractivity (Wildman–Crippen MR) is 94.9 cm³/mol. The maximum Gasteiger partial charge on any atom is 0.387 e. The molecule has 0 saturated heterocycles. The minimum atomic E-state index is -3.08. The number of nitrogens with zero attached hydrogens (tertiary/aromatic N) is 2. The van der Waals surface area contributed by atoms with Gasteiger partial charge in [-0.3, -0.25) is 9.59 Å². The maximum atomic E-state index is 12.4. The fraction of sp³-hybridized carbons (Fsp3) is 0.158. The molecule has 0 atom stereocenters. The van der Waals surface area contributed by atoms with E-state index in [2.05, 4.69) is 20.3 Å². The van der Waals surface area contributed by atoms with Crippen molar-refractivity contribution in [1.82, 2.24) is 15.5 Å². The number of benzene rings is 2. The number of hydrogen-bond acceptors (Lipinski definition) is 7. The lowest BCUT2D eigenvalue weighted by atomic mass is 10.2. The minimum Gasteiger partial charge on any atom is -0.454 e. The van der Waals surface area contributed by atoms with Crippen LogP contribution < -0.4 is 10.1 Å². The summed E-state index contributed by atoms with van der Waals surface area (Å²) in [7, 11) is 0. The number of aromatic nitrogens is 2. The average molecular weight is 403 g/mol. The van der Waals surface area contributed by atoms with Crippen molar-refractivity contribution in [3.63, 3.8) is 0 Å². The first-order valence-corrected chi connectivity index (χ1v) is 8.38. The molecule has 29 heavy (non-hydrogen) atoms. The molecular weight excluding hydrogens is 388 g/mol. The summed E-state index contributed by atoms with van der Waals surface area (Å²) in [6, 6.07) is 14.5. The molecule has 0 fully saturated rings. The zero-order chi connectivity index (χ0) is 20.6. The van der Waals surface area contributed by atoms with Gasteiger partial charge in [-0.05, 0) is 24.3 Å². The molecular formula is C19H15F2N3O5. The Morgan fingerprint density at radius 1 is 1.03 bits per heavy atom. The smallest absolute Gasteiger partial charge is 0.387 e. The van der Waals surface area contributed by atoms with Crippen LogP contribution in [0.1, 0.15) is 16.2 Å². The first-order valence-electron chi connectivity index (χ1n) is 8.38. The highest BCUT2D eigenvalue weighted by Gasteiger charge is 2.17. The van der Waals surface area contributed by atoms with Gasteiger partial charge in [0.25, 0.3) is 11.8 Å². The highest BCUT2D eigenvalue weighted by atomic mass is 19.3. The topological polar surface area (TPSA) is 104 Å². The molecule has 0 bridgehead atoms. The summed E-state index contributed by atoms with van der Waals surface area (Å²) in [5.41, 5.74) is 0.583. The van der Waals surface area contributed by atoms with Crippen molar-refractivity contribution in [2.45, 2.75) is 13.2 Å². The standard InChI is InChI=1S/C19H15F2N3O5/c20-19(21)28-14-9-5-4-8-13(14)17(26)22-10-16(25)27-11-15-23-24-18(29-15)12-6-2-1-3-7-12/h1-9,19H,10-11H2,(H,22,26). The summed E-state index contributed by atoms with van der Waals surface area (Å²) < 4.78 is 39.4. The third-order valence-electron chi connectivity index (χ3n) is 3.59. The number of halogens is 2. The van der Waals surface area contributed by atoms with E-state index in [1.165, 1.54) is 24.3 Å². The van der Waals surface area contributed by atoms with Crippen molar-refractivity contribution in [2.24, 2.45) is 0 Å². The molecule has 0 aliphatic rings. The average Bonchev–Trinajstić information content (AvgIpc) is 3.20. The first-order chi connectivity index (χ1) is 14.0. The molecule has 8 nitrogen and oxygen atoms in total. The van der Waals surface area contributed by atoms with Crippen LogP contribution in [-0.2, 0) is 16.1 Å². The Bertz CT molecular complexity index is 979. The molecule has 0 spiro atoms. The van der Waals surface area contributed by atoms with Gasteiger partial charge in [-0.25, -0.2) is 0 Å². The number of alkyl halides is 2. The predicted octanol–water partition coefficient (Wildman–Crippen LogP) is 2.81. The summed E-state index contributed by atoms with van der Waals surface area (Å²) in [5.74, 6) is -1.47. The van der Waals surface area contributed by atoms with Crippen LogP contribution in [0.5, 0.6) is 5.75 Å². The van der Waals surface area contributed by atoms with E-state index in [0.29, 0.717) is 0 Å². The molecule has 0 aliphatic heterocycles. The molecule has 1 aromatic heterocycles. The van der Waals surface area contributed by atoms with E-state index in [1.807, 2.05) is 18.2 Å². The van der Waals surface area contributed by atoms with Crippen LogP contribution in [0.25, 0.3) is 11.5 Å². The van der Waals surface area contributed by atoms with Crippen molar-refractivity contribution in [3.05, 3.63) is 66.1 Å². The lowest BCUT2D eigenvalue weighted by Gasteiger charge is -2.10. The van der Waals surface area contributed by atoms with E-state index in [4.69, 9.17) is 9.15 Å². The summed E-state index contributed by atoms with van der Waals surface area (Å²) in [4.78, 5) is 23.9. The van der Waals surface area contributed by atoms with Crippen LogP contribution in [0, 0.1) is 0 Å². The van der Waals surface area contributed by atoms with Crippen molar-refractivity contribution in [1.29, 1.82) is 0 Å². The van der Waals surface area contributed by atoms with Gasteiger partial charge >= 0.3 is 12.6 Å². The molecule has 150 valence electrons. The maximum absolute atomic E-state index is 12.4. The van der Waals surface area contributed by atoms with Crippen LogP contribution in [0.2, 0.25) is 0 Å². The zero-order valence-corrected chi connectivity index (χ0v) is 14.9. The number of nitrogens with one attached hydrogen (secondary N) is 1. The molecule has 1 heterocycles. The SMILES string of the molecule is O=C(CNC(=O)c1ccccc1OC(F)F)OCc1nnc(-c2ccccc2)o1. The van der Waals surface area contributed by atoms with Gasteiger partial charge in [0.05, 0.1) is 5.56 Å². The van der Waals surface area contributed by atoms with Crippen LogP contribution in [0.4, 0.5) is 8.78 Å². The molecule has 1 N–H and O–H groups in total. The molecule has 3 rings (SSSR count). The third kappa shape index (κ3) is 5.58. The monoisotopic (exact) mass is 403 g/mol. The van der Waals surface area contributed by atoms with Gasteiger partial charge in [0, 0.05) is 5.56 Å². The van der Waals surface area contributed by atoms with Crippen LogP contribution in [0.15, 0.2) is 59.0 Å². The van der Waals surface area contributed by atoms with Gasteiger partial charge in [0.15, 0.2) is 6.61 Å². The van der Waals surface area contributed by atoms with Crippen molar-refractivity contribution in [2.75, 3.05) is 6.54 Å². The molecule has 1 amide bonds. The first kappa shape index (κ1) is 19.9. The number of carbonyl (C=O) groups excluding carboxylic acids is 2. The van der Waals surface area contributed by atoms with E-state index >= 15 is 0 Å². The number of amides is 1. The van der Waals surface area contributed by atoms with Crippen LogP contribution in [-0.4, -0.2) is 35.2 Å². The summed E-state index contributed by atoms with van der Waals surface area (Å²) in [6.07, 6.45) is 0. The lowest BCUT2D eigenvalue weighted by molar-refractivity contribution is -0.144. The summed E-state index contributed by atoms with van der Waals surface area (Å²) in [6.45, 7) is -3.84. The van der Waals surface area contributed by atoms with Crippen LogP contribution >= 0.6 is 0 Å². The highest BCUT2D eigenvalue weighted by Crippen LogP contribution is 2.20. The van der Waals surface area contributed by atoms with Gasteiger partial charge in [-0.1, -0.05) is 30.3 Å².